The summed E-state index contributed by atoms with van der Waals surface area (Å²) in [5, 5.41) is 11.7. The molecule has 35 heavy (non-hydrogen) atoms. The molecule has 5 aliphatic rings. The van der Waals surface area contributed by atoms with Crippen LogP contribution in [0.1, 0.15) is 59.3 Å². The van der Waals surface area contributed by atoms with Crippen LogP contribution in [0.5, 0.6) is 0 Å². The van der Waals surface area contributed by atoms with Crippen molar-refractivity contribution >= 4 is 21.7 Å². The summed E-state index contributed by atoms with van der Waals surface area (Å²) in [7, 11) is -3.82. The monoisotopic (exact) mass is 508 g/mol. The standard InChI is InChI=1S/C26H36O8S/c1-5-6-22-33-21-12-18-17-8-7-15-11-16(27)9-10-24(15,2)23(17)19(28)13-25(18,3)26(21,34-22)20(29)14-32-35(4,30)31/h9-11,17-19,21-23,28H,5-8,12-14H2,1-4H3/t17-,18-,19+,21-,22+,23+,24-,25-,26+/m0/s1. The number of fused-ring (bicyclic) bond motifs is 7. The third-order valence-electron chi connectivity index (χ3n) is 9.63. The van der Waals surface area contributed by atoms with Gasteiger partial charge in [0.25, 0.3) is 10.1 Å². The number of aliphatic hydroxyl groups excluding tert-OH is 1. The number of ether oxygens (including phenoxy) is 2. The van der Waals surface area contributed by atoms with Gasteiger partial charge in [0.15, 0.2) is 23.5 Å². The van der Waals surface area contributed by atoms with E-state index in [4.69, 9.17) is 13.7 Å². The van der Waals surface area contributed by atoms with E-state index in [-0.39, 0.29) is 23.5 Å². The van der Waals surface area contributed by atoms with Crippen molar-refractivity contribution in [3.8, 4) is 0 Å². The Labute approximate surface area is 207 Å². The van der Waals surface area contributed by atoms with Crippen molar-refractivity contribution in [2.24, 2.45) is 28.6 Å². The average Bonchev–Trinajstić information content (AvgIpc) is 3.24. The molecule has 9 atom stereocenters. The minimum absolute atomic E-state index is 0.0133. The zero-order chi connectivity index (χ0) is 25.4. The third kappa shape index (κ3) is 3.64. The second kappa shape index (κ2) is 8.31. The first kappa shape index (κ1) is 25.3. The maximum atomic E-state index is 13.8. The lowest BCUT2D eigenvalue weighted by Crippen LogP contribution is -2.63. The molecule has 0 unspecified atom stereocenters. The fourth-order valence-corrected chi connectivity index (χ4v) is 8.59. The van der Waals surface area contributed by atoms with Gasteiger partial charge in [0, 0.05) is 16.7 Å². The van der Waals surface area contributed by atoms with E-state index in [9.17, 15) is 23.1 Å². The van der Waals surface area contributed by atoms with Crippen molar-refractivity contribution in [2.75, 3.05) is 12.9 Å². The molecule has 5 rings (SSSR count). The van der Waals surface area contributed by atoms with Crippen LogP contribution in [0, 0.1) is 28.6 Å². The molecule has 1 aliphatic heterocycles. The van der Waals surface area contributed by atoms with Gasteiger partial charge in [0.1, 0.15) is 6.61 Å². The summed E-state index contributed by atoms with van der Waals surface area (Å²) in [5.41, 5.74) is -1.47. The number of allylic oxidation sites excluding steroid dienone is 4. The van der Waals surface area contributed by atoms with E-state index in [1.807, 2.05) is 19.9 Å². The van der Waals surface area contributed by atoms with Gasteiger partial charge in [-0.25, -0.2) is 0 Å². The van der Waals surface area contributed by atoms with Gasteiger partial charge in [0.2, 0.25) is 0 Å². The molecule has 1 N–H and O–H groups in total. The van der Waals surface area contributed by atoms with E-state index >= 15 is 0 Å². The maximum Gasteiger partial charge on any atom is 0.264 e. The van der Waals surface area contributed by atoms with Crippen molar-refractivity contribution in [1.82, 2.24) is 0 Å². The molecule has 4 fully saturated rings. The molecule has 0 aromatic heterocycles. The Morgan fingerprint density at radius 1 is 1.31 bits per heavy atom. The SMILES string of the molecule is CCC[C@@H]1O[C@H]2C[C@H]3[C@@H]4CCC5=CC(=O)C=C[C@]5(C)[C@H]4[C@H](O)C[C@]3(C)[C@]2(C(=O)COS(C)(=O)=O)O1. The number of rotatable bonds is 6. The summed E-state index contributed by atoms with van der Waals surface area (Å²) in [5.74, 6) is -0.398. The number of aliphatic hydroxyl groups is 1. The van der Waals surface area contributed by atoms with Crippen LogP contribution >= 0.6 is 0 Å². The largest absolute Gasteiger partial charge is 0.393 e. The molecular weight excluding hydrogens is 472 g/mol. The third-order valence-corrected chi connectivity index (χ3v) is 10.2. The Morgan fingerprint density at radius 2 is 2.06 bits per heavy atom. The minimum Gasteiger partial charge on any atom is -0.393 e. The molecule has 0 aromatic carbocycles. The molecule has 4 aliphatic carbocycles. The Bertz CT molecular complexity index is 1090. The predicted molar refractivity (Wildman–Crippen MR) is 127 cm³/mol. The first-order valence-corrected chi connectivity index (χ1v) is 14.5. The van der Waals surface area contributed by atoms with Crippen LogP contribution in [0.3, 0.4) is 0 Å². The van der Waals surface area contributed by atoms with Gasteiger partial charge in [-0.05, 0) is 56.1 Å². The van der Waals surface area contributed by atoms with Crippen LogP contribution in [0.2, 0.25) is 0 Å². The van der Waals surface area contributed by atoms with Crippen LogP contribution in [0.25, 0.3) is 0 Å². The van der Waals surface area contributed by atoms with Crippen LogP contribution in [0.4, 0.5) is 0 Å². The molecular formula is C26H36O8S. The van der Waals surface area contributed by atoms with E-state index in [1.165, 1.54) is 0 Å². The van der Waals surface area contributed by atoms with Crippen molar-refractivity contribution in [2.45, 2.75) is 83.4 Å². The van der Waals surface area contributed by atoms with Gasteiger partial charge in [-0.1, -0.05) is 38.8 Å². The number of hydrogen-bond acceptors (Lipinski definition) is 8. The molecule has 0 bridgehead atoms. The summed E-state index contributed by atoms with van der Waals surface area (Å²) in [4.78, 5) is 25.8. The number of carbonyl (C=O) groups excluding carboxylic acids is 2. The highest BCUT2D eigenvalue weighted by Gasteiger charge is 2.75. The smallest absolute Gasteiger partial charge is 0.264 e. The van der Waals surface area contributed by atoms with E-state index in [0.717, 1.165) is 31.1 Å². The lowest BCUT2D eigenvalue weighted by Gasteiger charge is -2.59. The fourth-order valence-electron chi connectivity index (χ4n) is 8.27. The van der Waals surface area contributed by atoms with E-state index in [2.05, 4.69) is 6.92 Å². The highest BCUT2D eigenvalue weighted by Crippen LogP contribution is 2.69. The predicted octanol–water partition coefficient (Wildman–Crippen LogP) is 2.70. The molecule has 8 nitrogen and oxygen atoms in total. The van der Waals surface area contributed by atoms with Gasteiger partial charge in [-0.3, -0.25) is 13.8 Å². The average molecular weight is 509 g/mol. The van der Waals surface area contributed by atoms with Crippen LogP contribution < -0.4 is 0 Å². The lowest BCUT2D eigenvalue weighted by molar-refractivity contribution is -0.200. The molecule has 0 amide bonds. The van der Waals surface area contributed by atoms with E-state index in [1.54, 1.807) is 12.2 Å². The first-order chi connectivity index (χ1) is 16.4. The Hall–Kier alpha value is -1.39. The van der Waals surface area contributed by atoms with E-state index < -0.39 is 57.4 Å². The highest BCUT2D eigenvalue weighted by molar-refractivity contribution is 7.86. The quantitative estimate of drug-likeness (QED) is 0.545. The van der Waals surface area contributed by atoms with Crippen LogP contribution in [0.15, 0.2) is 23.8 Å². The van der Waals surface area contributed by atoms with Crippen LogP contribution in [-0.4, -0.2) is 62.1 Å². The second-order valence-electron chi connectivity index (χ2n) is 11.5. The molecule has 0 aromatic rings. The summed E-state index contributed by atoms with van der Waals surface area (Å²) in [6.45, 7) is 5.50. The van der Waals surface area contributed by atoms with Gasteiger partial charge in [0.05, 0.1) is 18.5 Å². The van der Waals surface area contributed by atoms with Gasteiger partial charge in [-0.2, -0.15) is 8.42 Å². The second-order valence-corrected chi connectivity index (χ2v) is 13.2. The number of carbonyl (C=O) groups is 2. The lowest BCUT2D eigenvalue weighted by atomic mass is 9.46. The van der Waals surface area contributed by atoms with Gasteiger partial charge in [-0.15, -0.1) is 0 Å². The fraction of sp³-hybridized carbons (Fsp3) is 0.769. The summed E-state index contributed by atoms with van der Waals surface area (Å²) in [6.07, 6.45) is 8.33. The summed E-state index contributed by atoms with van der Waals surface area (Å²) in [6, 6.07) is 0. The van der Waals surface area contributed by atoms with Gasteiger partial charge >= 0.3 is 0 Å². The normalized spacial score (nSPS) is 46.4. The first-order valence-electron chi connectivity index (χ1n) is 12.7. The van der Waals surface area contributed by atoms with E-state index in [0.29, 0.717) is 19.3 Å². The van der Waals surface area contributed by atoms with Gasteiger partial charge < -0.3 is 14.6 Å². The Kier molecular flexibility index (Phi) is 6.00. The number of Topliss-reactive ketones (excluding diaryl/α,β-unsaturated/α-hetero) is 1. The topological polar surface area (TPSA) is 116 Å². The van der Waals surface area contributed by atoms with Crippen molar-refractivity contribution in [3.05, 3.63) is 23.8 Å². The molecule has 3 saturated carbocycles. The molecule has 0 radical (unpaired) electrons. The van der Waals surface area contributed by atoms with Crippen LogP contribution in [-0.2, 0) is 33.4 Å². The summed E-state index contributed by atoms with van der Waals surface area (Å²) >= 11 is 0. The van der Waals surface area contributed by atoms with Crippen molar-refractivity contribution in [3.63, 3.8) is 0 Å². The Balaban J connectivity index is 1.53. The molecule has 0 spiro atoms. The molecule has 1 heterocycles. The minimum atomic E-state index is -3.82. The molecule has 1 saturated heterocycles. The maximum absolute atomic E-state index is 13.8. The van der Waals surface area contributed by atoms with Crippen molar-refractivity contribution in [1.29, 1.82) is 0 Å². The zero-order valence-electron chi connectivity index (χ0n) is 20.9. The molecule has 194 valence electrons. The zero-order valence-corrected chi connectivity index (χ0v) is 21.7. The summed E-state index contributed by atoms with van der Waals surface area (Å²) < 4.78 is 41.1. The highest BCUT2D eigenvalue weighted by atomic mass is 32.2. The number of hydrogen-bond donors (Lipinski definition) is 1. The number of ketones is 2. The molecule has 9 heteroatoms. The van der Waals surface area contributed by atoms with Crippen molar-refractivity contribution < 1.29 is 36.8 Å². The Morgan fingerprint density at radius 3 is 2.74 bits per heavy atom.